The van der Waals surface area contributed by atoms with Gasteiger partial charge in [0.15, 0.2) is 0 Å². The van der Waals surface area contributed by atoms with E-state index in [9.17, 15) is 39.6 Å². The lowest BCUT2D eigenvalue weighted by Crippen LogP contribution is -2.34. The number of carboxylic acids is 4. The second-order valence-corrected chi connectivity index (χ2v) is 18.3. The van der Waals surface area contributed by atoms with E-state index in [1.807, 2.05) is 100 Å². The Morgan fingerprint density at radius 2 is 0.544 bits per heavy atom. The van der Waals surface area contributed by atoms with Crippen LogP contribution >= 0.6 is 0 Å². The zero-order valence-electron chi connectivity index (χ0n) is 37.4. The van der Waals surface area contributed by atoms with E-state index >= 15 is 0 Å². The molecule has 340 valence electrons. The van der Waals surface area contributed by atoms with E-state index in [2.05, 4.69) is 0 Å². The molecule has 22 aliphatic rings. The maximum absolute atomic E-state index is 12.9. The van der Waals surface area contributed by atoms with Crippen molar-refractivity contribution >= 4 is 23.9 Å². The van der Waals surface area contributed by atoms with Gasteiger partial charge in [-0.2, -0.15) is 0 Å². The lowest BCUT2D eigenvalue weighted by Gasteiger charge is -2.41. The average Bonchev–Trinajstić information content (AvgIpc) is 3.31. The minimum Gasteiger partial charge on any atom is -0.489 e. The van der Waals surface area contributed by atoms with Gasteiger partial charge in [-0.05, 0) is 165 Å². The van der Waals surface area contributed by atoms with Crippen LogP contribution in [0.25, 0.3) is 0 Å². The van der Waals surface area contributed by atoms with E-state index < -0.39 is 47.5 Å². The summed E-state index contributed by atoms with van der Waals surface area (Å²) in [5.41, 5.74) is 12.4. The molecule has 0 radical (unpaired) electrons. The van der Waals surface area contributed by atoms with E-state index in [4.69, 9.17) is 18.9 Å². The molecule has 16 heterocycles. The predicted octanol–water partition coefficient (Wildman–Crippen LogP) is 9.66. The molecule has 0 spiro atoms. The smallest absolute Gasteiger partial charge is 0.333 e. The van der Waals surface area contributed by atoms with Crippen LogP contribution < -0.4 is 18.9 Å². The van der Waals surface area contributed by atoms with Crippen LogP contribution in [0.2, 0.25) is 0 Å². The van der Waals surface area contributed by atoms with Gasteiger partial charge >= 0.3 is 23.9 Å². The van der Waals surface area contributed by atoms with Crippen molar-refractivity contribution in [1.29, 1.82) is 0 Å². The Hall–Kier alpha value is -8.12. The molecule has 6 aromatic carbocycles. The highest BCUT2D eigenvalue weighted by molar-refractivity contribution is 6.06. The first-order chi connectivity index (χ1) is 32.7. The lowest BCUT2D eigenvalue weighted by molar-refractivity contribution is -0.136. The Labute approximate surface area is 390 Å². The van der Waals surface area contributed by atoms with Gasteiger partial charge in [0.25, 0.3) is 0 Å². The summed E-state index contributed by atoms with van der Waals surface area (Å²) >= 11 is 0. The number of carboxylic acid groups (broad SMARTS) is 4. The average molecular weight is 909 g/mol. The summed E-state index contributed by atoms with van der Waals surface area (Å²) in [5.74, 6) is -6.47. The van der Waals surface area contributed by atoms with Crippen molar-refractivity contribution in [2.75, 3.05) is 0 Å². The first-order valence-corrected chi connectivity index (χ1v) is 22.3. The Morgan fingerprint density at radius 3 is 0.735 bits per heavy atom. The molecule has 12 heteroatoms. The zero-order valence-corrected chi connectivity index (χ0v) is 37.4. The van der Waals surface area contributed by atoms with Crippen molar-refractivity contribution in [2.45, 2.75) is 77.8 Å². The van der Waals surface area contributed by atoms with Gasteiger partial charge in [-0.1, -0.05) is 48.5 Å². The van der Waals surface area contributed by atoms with Crippen molar-refractivity contribution in [3.05, 3.63) is 208 Å². The van der Waals surface area contributed by atoms with Crippen LogP contribution in [-0.2, 0) is 45.6 Å². The number of benzene rings is 6. The number of hydrogen-bond acceptors (Lipinski definition) is 8. The molecule has 0 fully saturated rings. The molecule has 4 atom stereocenters. The van der Waals surface area contributed by atoms with Crippen molar-refractivity contribution in [3.8, 4) is 23.0 Å². The summed E-state index contributed by atoms with van der Waals surface area (Å²) in [6.45, 7) is 8.76. The first-order valence-electron chi connectivity index (χ1n) is 22.3. The SMILES string of the molecule is Cc1cc2c(C)cc1COc1ccc3c(c1)[C@@H]1C(C(=O)O)=C(C(=O)O)[C@H]3c3cc(ccc31)OCc1cc(C)c(cc1C)COc1ccc3c(c1)[C@@H]1C(C(=O)O)=C(C(=O)O)[C@H]3c3cc(ccc31)OC2. The number of aliphatic carboxylic acids is 4. The summed E-state index contributed by atoms with van der Waals surface area (Å²) in [6.07, 6.45) is 0. The van der Waals surface area contributed by atoms with Crippen LogP contribution in [0, 0.1) is 27.7 Å². The monoisotopic (exact) mass is 908 g/mol. The molecule has 12 nitrogen and oxygen atoms in total. The maximum atomic E-state index is 12.9. The standard InChI is InChI=1S/C56H44O12/c1-25-13-30-22-66-34-6-10-38-42(18-34)47-40-12-8-36(20-44(40)48(38)52(56(63)64)51(47)55(61)62)68-24-32-16-27(3)31(15-28(32)4)23-67-35-7-11-39-43(19-35)46-37-9-5-33(65-21-29(25)14-26(30)2)17-41(37)45(39)49(53(57)58)50(46)54(59)60/h5-20,45-48H,21-24H2,1-4H3,(H,57,58)(H,59,60)(H,61,62)(H,63,64)/t45-,46-,47-,48-/m1/s1. The number of ether oxygens (including phenoxy) is 4. The summed E-state index contributed by atoms with van der Waals surface area (Å²) < 4.78 is 25.5. The summed E-state index contributed by atoms with van der Waals surface area (Å²) in [4.78, 5) is 51.7. The predicted molar refractivity (Wildman–Crippen MR) is 247 cm³/mol. The van der Waals surface area contributed by atoms with Gasteiger partial charge in [-0.25, -0.2) is 19.2 Å². The molecule has 0 unspecified atom stereocenters. The quantitative estimate of drug-likeness (QED) is 0.131. The molecule has 0 saturated carbocycles. The Bertz CT molecular complexity index is 2900. The van der Waals surface area contributed by atoms with Gasteiger partial charge in [0.2, 0.25) is 0 Å². The molecule has 16 aliphatic heterocycles. The molecule has 6 aliphatic carbocycles. The molecule has 68 heavy (non-hydrogen) atoms. The second kappa shape index (κ2) is 15.8. The molecular weight excluding hydrogens is 865 g/mol. The van der Waals surface area contributed by atoms with Crippen LogP contribution in [0.4, 0.5) is 0 Å². The van der Waals surface area contributed by atoms with Crippen LogP contribution in [0.3, 0.4) is 0 Å². The number of carbonyl (C=O) groups is 4. The van der Waals surface area contributed by atoms with Gasteiger partial charge in [-0.15, -0.1) is 0 Å². The number of hydrogen-bond donors (Lipinski definition) is 4. The minimum atomic E-state index is -1.28. The summed E-state index contributed by atoms with van der Waals surface area (Å²) in [7, 11) is 0. The molecule has 28 rings (SSSR count). The van der Waals surface area contributed by atoms with E-state index in [-0.39, 0.29) is 48.7 Å². The maximum Gasteiger partial charge on any atom is 0.333 e. The Kier molecular flexibility index (Phi) is 9.85. The normalized spacial score (nSPS) is 19.5. The molecule has 6 aromatic rings. The molecule has 0 amide bonds. The van der Waals surface area contributed by atoms with Crippen LogP contribution in [0.15, 0.2) is 119 Å². The van der Waals surface area contributed by atoms with Crippen LogP contribution in [-0.4, -0.2) is 44.3 Å². The van der Waals surface area contributed by atoms with Gasteiger partial charge in [0, 0.05) is 23.7 Å². The third kappa shape index (κ3) is 6.64. The van der Waals surface area contributed by atoms with Crippen molar-refractivity contribution < 1.29 is 58.6 Å². The fourth-order valence-electron chi connectivity index (χ4n) is 11.3. The minimum absolute atomic E-state index is 0.159. The van der Waals surface area contributed by atoms with E-state index in [0.717, 1.165) is 44.5 Å². The van der Waals surface area contributed by atoms with Crippen LogP contribution in [0.1, 0.15) is 113 Å². The fourth-order valence-corrected chi connectivity index (χ4v) is 11.3. The fraction of sp³-hybridized carbons (Fsp3) is 0.214. The zero-order chi connectivity index (χ0) is 47.4. The highest BCUT2D eigenvalue weighted by Crippen LogP contribution is 2.58. The van der Waals surface area contributed by atoms with Crippen molar-refractivity contribution in [3.63, 3.8) is 0 Å². The third-order valence-electron chi connectivity index (χ3n) is 14.5. The Morgan fingerprint density at radius 1 is 0.338 bits per heavy atom. The number of rotatable bonds is 4. The molecule has 4 N–H and O–H groups in total. The largest absolute Gasteiger partial charge is 0.489 e. The van der Waals surface area contributed by atoms with Gasteiger partial charge in [0.05, 0.1) is 22.3 Å². The van der Waals surface area contributed by atoms with Crippen molar-refractivity contribution in [1.82, 2.24) is 0 Å². The summed E-state index contributed by atoms with van der Waals surface area (Å²) in [5, 5.41) is 42.1. The second-order valence-electron chi connectivity index (χ2n) is 18.3. The lowest BCUT2D eigenvalue weighted by atomic mass is 9.61. The topological polar surface area (TPSA) is 186 Å². The van der Waals surface area contributed by atoms with Gasteiger partial charge in [0.1, 0.15) is 49.4 Å². The first kappa shape index (κ1) is 42.5. The highest BCUT2D eigenvalue weighted by atomic mass is 16.5. The third-order valence-corrected chi connectivity index (χ3v) is 14.5. The van der Waals surface area contributed by atoms with Crippen molar-refractivity contribution in [2.24, 2.45) is 0 Å². The van der Waals surface area contributed by atoms with Gasteiger partial charge in [-0.3, -0.25) is 0 Å². The Balaban J connectivity index is 0.988. The number of aryl methyl sites for hydroxylation is 4. The summed E-state index contributed by atoms with van der Waals surface area (Å²) in [6, 6.07) is 30.0. The molecule has 0 aromatic heterocycles. The molecule has 20 bridgehead atoms. The highest BCUT2D eigenvalue weighted by Gasteiger charge is 2.50. The molecule has 0 saturated heterocycles. The van der Waals surface area contributed by atoms with Gasteiger partial charge < -0.3 is 39.4 Å². The van der Waals surface area contributed by atoms with E-state index in [0.29, 0.717) is 67.5 Å². The van der Waals surface area contributed by atoms with E-state index in [1.54, 1.807) is 24.3 Å². The molecular formula is C56H44O12. The van der Waals surface area contributed by atoms with Crippen LogP contribution in [0.5, 0.6) is 23.0 Å². The van der Waals surface area contributed by atoms with E-state index in [1.165, 1.54) is 0 Å².